The van der Waals surface area contributed by atoms with Crippen LogP contribution >= 0.6 is 0 Å². The van der Waals surface area contributed by atoms with Crippen LogP contribution in [0, 0.1) is 0 Å². The molecule has 0 spiro atoms. The Morgan fingerprint density at radius 3 is 2.61 bits per heavy atom. The Hall–Kier alpha value is -1.27. The van der Waals surface area contributed by atoms with Crippen LogP contribution in [0.15, 0.2) is 0 Å². The summed E-state index contributed by atoms with van der Waals surface area (Å²) in [6.07, 6.45) is 1.70. The highest BCUT2D eigenvalue weighted by Gasteiger charge is 2.12. The molecule has 0 atom stereocenters. The Balaban J connectivity index is 2.25. The van der Waals surface area contributed by atoms with Crippen molar-refractivity contribution in [3.8, 4) is 5.88 Å². The van der Waals surface area contributed by atoms with Gasteiger partial charge in [-0.1, -0.05) is 6.92 Å². The molecule has 0 radical (unpaired) electrons. The highest BCUT2D eigenvalue weighted by Crippen LogP contribution is 2.24. The van der Waals surface area contributed by atoms with Crippen molar-refractivity contribution in [2.75, 3.05) is 39.3 Å². The summed E-state index contributed by atoms with van der Waals surface area (Å²) in [6.45, 7) is 4.42. The Morgan fingerprint density at radius 1 is 1.22 bits per heavy atom. The molecule has 0 unspecified atom stereocenters. The van der Waals surface area contributed by atoms with Gasteiger partial charge in [-0.25, -0.2) is 4.68 Å². The molecule has 0 bridgehead atoms. The van der Waals surface area contributed by atoms with Gasteiger partial charge < -0.3 is 19.9 Å². The maximum Gasteiger partial charge on any atom is 0.235 e. The summed E-state index contributed by atoms with van der Waals surface area (Å²) >= 11 is 0. The Morgan fingerprint density at radius 2 is 2.00 bits per heavy atom. The van der Waals surface area contributed by atoms with Gasteiger partial charge in [-0.15, -0.1) is 0 Å². The molecule has 0 saturated heterocycles. The van der Waals surface area contributed by atoms with Gasteiger partial charge in [-0.05, 0) is 12.8 Å². The van der Waals surface area contributed by atoms with E-state index in [4.69, 9.17) is 19.9 Å². The molecule has 18 heavy (non-hydrogen) atoms. The van der Waals surface area contributed by atoms with Crippen molar-refractivity contribution in [2.45, 2.75) is 19.8 Å². The minimum atomic E-state index is 0.472. The molecule has 0 aliphatic heterocycles. The number of nitrogens with two attached hydrogens (primary N) is 1. The highest BCUT2D eigenvalue weighted by atomic mass is 16.5. The number of nitrogens with zero attached hydrogens (tertiary/aromatic N) is 2. The summed E-state index contributed by atoms with van der Waals surface area (Å²) in [6, 6.07) is 0. The van der Waals surface area contributed by atoms with E-state index in [9.17, 15) is 0 Å². The molecule has 1 rings (SSSR count). The predicted molar refractivity (Wildman–Crippen MR) is 69.8 cm³/mol. The third kappa shape index (κ3) is 4.19. The van der Waals surface area contributed by atoms with Crippen LogP contribution < -0.4 is 10.5 Å². The number of ether oxygens (including phenoxy) is 3. The lowest BCUT2D eigenvalue weighted by atomic mass is 10.3. The Bertz CT molecular complexity index is 353. The molecule has 0 fully saturated rings. The fourth-order valence-corrected chi connectivity index (χ4v) is 1.62. The van der Waals surface area contributed by atoms with E-state index in [-0.39, 0.29) is 0 Å². The monoisotopic (exact) mass is 257 g/mol. The van der Waals surface area contributed by atoms with Crippen molar-refractivity contribution in [2.24, 2.45) is 7.05 Å². The lowest BCUT2D eigenvalue weighted by Crippen LogP contribution is -2.11. The zero-order chi connectivity index (χ0) is 13.4. The van der Waals surface area contributed by atoms with Crippen molar-refractivity contribution < 1.29 is 14.2 Å². The topological polar surface area (TPSA) is 71.5 Å². The first-order valence-electron chi connectivity index (χ1n) is 6.21. The minimum Gasteiger partial charge on any atom is -0.474 e. The summed E-state index contributed by atoms with van der Waals surface area (Å²) in [4.78, 5) is 0. The van der Waals surface area contributed by atoms with Crippen LogP contribution in [-0.4, -0.2) is 43.3 Å². The average molecular weight is 257 g/mol. The van der Waals surface area contributed by atoms with Crippen LogP contribution in [0.4, 0.5) is 5.69 Å². The lowest BCUT2D eigenvalue weighted by Gasteiger charge is -2.07. The quantitative estimate of drug-likeness (QED) is 0.668. The summed E-state index contributed by atoms with van der Waals surface area (Å²) in [5.41, 5.74) is 7.42. The summed E-state index contributed by atoms with van der Waals surface area (Å²) in [5.74, 6) is 0.618. The van der Waals surface area contributed by atoms with Crippen LogP contribution in [0.2, 0.25) is 0 Å². The lowest BCUT2D eigenvalue weighted by molar-refractivity contribution is 0.0787. The Labute approximate surface area is 108 Å². The van der Waals surface area contributed by atoms with E-state index >= 15 is 0 Å². The number of rotatable bonds is 9. The van der Waals surface area contributed by atoms with Crippen LogP contribution in [0.1, 0.15) is 19.0 Å². The van der Waals surface area contributed by atoms with Crippen LogP contribution in [-0.2, 0) is 22.9 Å². The number of hydrogen-bond acceptors (Lipinski definition) is 5. The van der Waals surface area contributed by atoms with Crippen molar-refractivity contribution in [3.63, 3.8) is 0 Å². The fourth-order valence-electron chi connectivity index (χ4n) is 1.62. The van der Waals surface area contributed by atoms with Gasteiger partial charge >= 0.3 is 0 Å². The molecule has 0 aliphatic carbocycles. The Kier molecular flexibility index (Phi) is 6.53. The third-order valence-corrected chi connectivity index (χ3v) is 2.54. The molecular formula is C12H23N3O3. The maximum absolute atomic E-state index is 5.93. The number of methoxy groups -OCH3 is 1. The maximum atomic E-state index is 5.93. The van der Waals surface area contributed by atoms with E-state index < -0.39 is 0 Å². The molecule has 1 heterocycles. The molecule has 6 heteroatoms. The summed E-state index contributed by atoms with van der Waals surface area (Å²) < 4.78 is 17.6. The van der Waals surface area contributed by atoms with E-state index in [1.54, 1.807) is 11.8 Å². The zero-order valence-corrected chi connectivity index (χ0v) is 11.4. The SMILES string of the molecule is CCc1nn(C)c(OCCOCCCOC)c1N. The van der Waals surface area contributed by atoms with Gasteiger partial charge in [0.1, 0.15) is 12.3 Å². The van der Waals surface area contributed by atoms with Crippen molar-refractivity contribution >= 4 is 5.69 Å². The second-order valence-electron chi connectivity index (χ2n) is 3.95. The van der Waals surface area contributed by atoms with Gasteiger partial charge in [0.05, 0.1) is 12.3 Å². The second kappa shape index (κ2) is 7.94. The number of aromatic nitrogens is 2. The number of hydrogen-bond donors (Lipinski definition) is 1. The summed E-state index contributed by atoms with van der Waals surface area (Å²) in [7, 11) is 3.50. The van der Waals surface area contributed by atoms with Gasteiger partial charge in [-0.2, -0.15) is 5.10 Å². The smallest absolute Gasteiger partial charge is 0.235 e. The van der Waals surface area contributed by atoms with E-state index in [0.29, 0.717) is 31.4 Å². The number of anilines is 1. The van der Waals surface area contributed by atoms with E-state index in [0.717, 1.165) is 25.1 Å². The van der Waals surface area contributed by atoms with E-state index in [2.05, 4.69) is 5.10 Å². The second-order valence-corrected chi connectivity index (χ2v) is 3.95. The van der Waals surface area contributed by atoms with Crippen LogP contribution in [0.25, 0.3) is 0 Å². The average Bonchev–Trinajstić information content (AvgIpc) is 2.64. The minimum absolute atomic E-state index is 0.472. The molecule has 0 saturated carbocycles. The molecule has 0 aliphatic rings. The first-order valence-corrected chi connectivity index (χ1v) is 6.21. The molecule has 0 aromatic carbocycles. The molecule has 2 N–H and O–H groups in total. The summed E-state index contributed by atoms with van der Waals surface area (Å²) in [5, 5.41) is 4.28. The fraction of sp³-hybridized carbons (Fsp3) is 0.750. The predicted octanol–water partition coefficient (Wildman–Crippen LogP) is 0.997. The standard InChI is InChI=1S/C12H23N3O3/c1-4-10-11(13)12(15(2)14-10)18-9-8-17-7-5-6-16-3/h4-9,13H2,1-3H3. The van der Waals surface area contributed by atoms with Crippen molar-refractivity contribution in [1.82, 2.24) is 9.78 Å². The van der Waals surface area contributed by atoms with E-state index in [1.807, 2.05) is 14.0 Å². The van der Waals surface area contributed by atoms with Gasteiger partial charge in [0.25, 0.3) is 0 Å². The first kappa shape index (κ1) is 14.8. The first-order chi connectivity index (χ1) is 8.70. The largest absolute Gasteiger partial charge is 0.474 e. The van der Waals surface area contributed by atoms with Crippen molar-refractivity contribution in [1.29, 1.82) is 0 Å². The van der Waals surface area contributed by atoms with Gasteiger partial charge in [0.15, 0.2) is 0 Å². The molecule has 1 aromatic heterocycles. The number of nitrogen functional groups attached to an aromatic ring is 1. The molecule has 0 amide bonds. The van der Waals surface area contributed by atoms with Crippen molar-refractivity contribution in [3.05, 3.63) is 5.69 Å². The zero-order valence-electron chi connectivity index (χ0n) is 11.4. The van der Waals surface area contributed by atoms with Gasteiger partial charge in [-0.3, -0.25) is 0 Å². The molecular weight excluding hydrogens is 234 g/mol. The molecule has 104 valence electrons. The molecule has 6 nitrogen and oxygen atoms in total. The van der Waals surface area contributed by atoms with E-state index in [1.165, 1.54) is 0 Å². The number of aryl methyl sites for hydroxylation is 2. The van der Waals surface area contributed by atoms with Gasteiger partial charge in [0.2, 0.25) is 5.88 Å². The van der Waals surface area contributed by atoms with Gasteiger partial charge in [0, 0.05) is 27.4 Å². The molecule has 1 aromatic rings. The normalized spacial score (nSPS) is 10.8. The van der Waals surface area contributed by atoms with Crippen LogP contribution in [0.3, 0.4) is 0 Å². The van der Waals surface area contributed by atoms with Crippen LogP contribution in [0.5, 0.6) is 5.88 Å². The highest BCUT2D eigenvalue weighted by molar-refractivity contribution is 5.53. The third-order valence-electron chi connectivity index (χ3n) is 2.54.